The lowest BCUT2D eigenvalue weighted by atomic mass is 9.91. The van der Waals surface area contributed by atoms with Gasteiger partial charge in [-0.2, -0.15) is 0 Å². The second-order valence-electron chi connectivity index (χ2n) is 7.74. The number of hydrogen-bond acceptors (Lipinski definition) is 4. The highest BCUT2D eigenvalue weighted by Crippen LogP contribution is 2.37. The summed E-state index contributed by atoms with van der Waals surface area (Å²) in [5.41, 5.74) is 10.1. The van der Waals surface area contributed by atoms with Crippen LogP contribution in [0.5, 0.6) is 0 Å². The highest BCUT2D eigenvalue weighted by atomic mass is 32.2. The molecule has 4 N–H and O–H groups in total. The third-order valence-corrected chi connectivity index (χ3v) is 7.34. The van der Waals surface area contributed by atoms with E-state index in [1.165, 1.54) is 6.92 Å². The molecule has 0 bridgehead atoms. The Kier molecular flexibility index (Phi) is 5.11. The first-order chi connectivity index (χ1) is 14.2. The maximum Gasteiger partial charge on any atom is 0.250 e. The number of carbonyl (C=O) groups is 2. The van der Waals surface area contributed by atoms with Gasteiger partial charge in [0.25, 0.3) is 5.91 Å². The lowest BCUT2D eigenvalue weighted by molar-refractivity contribution is -0.114. The van der Waals surface area contributed by atoms with Crippen LogP contribution in [0.25, 0.3) is 22.0 Å². The molecule has 0 atom stereocenters. The number of aromatic nitrogens is 1. The zero-order chi connectivity index (χ0) is 21.5. The Hall–Kier alpha value is -3.13. The summed E-state index contributed by atoms with van der Waals surface area (Å²) >= 11 is 0. The molecule has 0 radical (unpaired) electrons. The summed E-state index contributed by atoms with van der Waals surface area (Å²) in [6.07, 6.45) is 3.00. The maximum atomic E-state index is 12.1. The number of anilines is 1. The molecule has 7 nitrogen and oxygen atoms in total. The standard InChI is InChI=1S/C22H23N3O4S/c1-13(26)25-17-4-2-14(3-5-17)16-10-18-20(15-6-8-30(28,29)9-7-15)12-24-21(18)19(11-16)22(23)27/h2-5,10-12,15,24H,6-9H2,1H3,(H2,23,27)(H,25,26). The molecule has 4 rings (SSSR count). The molecule has 1 fully saturated rings. The van der Waals surface area contributed by atoms with Gasteiger partial charge < -0.3 is 16.0 Å². The fraction of sp³-hybridized carbons (Fsp3) is 0.273. The highest BCUT2D eigenvalue weighted by molar-refractivity contribution is 7.91. The third kappa shape index (κ3) is 3.95. The van der Waals surface area contributed by atoms with Crippen molar-refractivity contribution in [2.75, 3.05) is 16.8 Å². The van der Waals surface area contributed by atoms with E-state index in [9.17, 15) is 18.0 Å². The van der Waals surface area contributed by atoms with Gasteiger partial charge in [0.05, 0.1) is 22.6 Å². The topological polar surface area (TPSA) is 122 Å². The molecule has 8 heteroatoms. The smallest absolute Gasteiger partial charge is 0.250 e. The fourth-order valence-corrected chi connectivity index (χ4v) is 5.59. The average Bonchev–Trinajstić information content (AvgIpc) is 3.11. The third-order valence-electron chi connectivity index (χ3n) is 5.62. The molecule has 2 aromatic carbocycles. The molecule has 1 aliphatic rings. The molecule has 1 aromatic heterocycles. The number of amides is 2. The van der Waals surface area contributed by atoms with Crippen molar-refractivity contribution in [3.63, 3.8) is 0 Å². The van der Waals surface area contributed by atoms with Crippen molar-refractivity contribution < 1.29 is 18.0 Å². The van der Waals surface area contributed by atoms with Crippen molar-refractivity contribution in [3.05, 3.63) is 53.7 Å². The van der Waals surface area contributed by atoms with E-state index in [-0.39, 0.29) is 23.3 Å². The average molecular weight is 426 g/mol. The summed E-state index contributed by atoms with van der Waals surface area (Å²) in [6, 6.07) is 11.1. The van der Waals surface area contributed by atoms with E-state index in [1.54, 1.807) is 18.2 Å². The van der Waals surface area contributed by atoms with Crippen LogP contribution in [0.2, 0.25) is 0 Å². The minimum atomic E-state index is -2.96. The van der Waals surface area contributed by atoms with Gasteiger partial charge in [-0.1, -0.05) is 12.1 Å². The first-order valence-electron chi connectivity index (χ1n) is 9.77. The number of aromatic amines is 1. The quantitative estimate of drug-likeness (QED) is 0.594. The van der Waals surface area contributed by atoms with Crippen LogP contribution < -0.4 is 11.1 Å². The maximum absolute atomic E-state index is 12.1. The molecule has 1 aliphatic heterocycles. The SMILES string of the molecule is CC(=O)Nc1ccc(-c2cc(C(N)=O)c3[nH]cc(C4CCS(=O)(=O)CC4)c3c2)cc1. The summed E-state index contributed by atoms with van der Waals surface area (Å²) in [5, 5.41) is 3.62. The number of hydrogen-bond donors (Lipinski definition) is 3. The lowest BCUT2D eigenvalue weighted by Gasteiger charge is -2.21. The van der Waals surface area contributed by atoms with Crippen LogP contribution in [0.15, 0.2) is 42.6 Å². The molecule has 3 aromatic rings. The summed E-state index contributed by atoms with van der Waals surface area (Å²) in [7, 11) is -2.96. The monoisotopic (exact) mass is 425 g/mol. The second-order valence-corrected chi connectivity index (χ2v) is 10.0. The first-order valence-corrected chi connectivity index (χ1v) is 11.6. The first kappa shape index (κ1) is 20.2. The molecule has 2 heterocycles. The summed E-state index contributed by atoms with van der Waals surface area (Å²) in [6.45, 7) is 1.45. The van der Waals surface area contributed by atoms with Crippen LogP contribution in [-0.4, -0.2) is 36.7 Å². The zero-order valence-electron chi connectivity index (χ0n) is 16.6. The van der Waals surface area contributed by atoms with Crippen molar-refractivity contribution in [1.82, 2.24) is 4.98 Å². The number of nitrogens with one attached hydrogen (secondary N) is 2. The summed E-state index contributed by atoms with van der Waals surface area (Å²) in [5.74, 6) is -0.211. The lowest BCUT2D eigenvalue weighted by Crippen LogP contribution is -2.22. The minimum absolute atomic E-state index is 0.111. The Balaban J connectivity index is 1.78. The van der Waals surface area contributed by atoms with Gasteiger partial charge in [-0.25, -0.2) is 8.42 Å². The van der Waals surface area contributed by atoms with Crippen LogP contribution in [0.1, 0.15) is 41.6 Å². The van der Waals surface area contributed by atoms with Crippen LogP contribution in [0.4, 0.5) is 5.69 Å². The molecular weight excluding hydrogens is 402 g/mol. The van der Waals surface area contributed by atoms with E-state index in [0.717, 1.165) is 22.1 Å². The molecule has 0 spiro atoms. The number of nitrogens with two attached hydrogens (primary N) is 1. The number of H-pyrrole nitrogens is 1. The van der Waals surface area contributed by atoms with Gasteiger partial charge in [0.1, 0.15) is 9.84 Å². The highest BCUT2D eigenvalue weighted by Gasteiger charge is 2.27. The number of carbonyl (C=O) groups excluding carboxylic acids is 2. The van der Waals surface area contributed by atoms with Gasteiger partial charge >= 0.3 is 0 Å². The Morgan fingerprint density at radius 3 is 2.33 bits per heavy atom. The van der Waals surface area contributed by atoms with Gasteiger partial charge in [-0.05, 0) is 59.7 Å². The summed E-state index contributed by atoms with van der Waals surface area (Å²) < 4.78 is 23.6. The number of benzene rings is 2. The van der Waals surface area contributed by atoms with E-state index < -0.39 is 15.7 Å². The van der Waals surface area contributed by atoms with Gasteiger partial charge in [-0.3, -0.25) is 9.59 Å². The van der Waals surface area contributed by atoms with Gasteiger partial charge in [0, 0.05) is 24.2 Å². The Morgan fingerprint density at radius 1 is 1.07 bits per heavy atom. The van der Waals surface area contributed by atoms with E-state index >= 15 is 0 Å². The molecule has 156 valence electrons. The number of fused-ring (bicyclic) bond motifs is 1. The largest absolute Gasteiger partial charge is 0.366 e. The molecule has 0 saturated carbocycles. The van der Waals surface area contributed by atoms with E-state index in [1.807, 2.05) is 24.4 Å². The molecule has 30 heavy (non-hydrogen) atoms. The van der Waals surface area contributed by atoms with Crippen molar-refractivity contribution >= 4 is 38.2 Å². The second kappa shape index (κ2) is 7.60. The molecule has 0 aliphatic carbocycles. The number of rotatable bonds is 4. The van der Waals surface area contributed by atoms with E-state index in [0.29, 0.717) is 29.6 Å². The van der Waals surface area contributed by atoms with Crippen molar-refractivity contribution in [2.24, 2.45) is 5.73 Å². The molecule has 0 unspecified atom stereocenters. The Labute approximate surface area is 174 Å². The van der Waals surface area contributed by atoms with Crippen LogP contribution in [0.3, 0.4) is 0 Å². The van der Waals surface area contributed by atoms with Crippen LogP contribution in [-0.2, 0) is 14.6 Å². The Bertz CT molecular complexity index is 1230. The van der Waals surface area contributed by atoms with Gasteiger partial charge in [0.15, 0.2) is 0 Å². The summed E-state index contributed by atoms with van der Waals surface area (Å²) in [4.78, 5) is 26.5. The van der Waals surface area contributed by atoms with Gasteiger partial charge in [-0.15, -0.1) is 0 Å². The van der Waals surface area contributed by atoms with Gasteiger partial charge in [0.2, 0.25) is 5.91 Å². The van der Waals surface area contributed by atoms with Crippen molar-refractivity contribution in [1.29, 1.82) is 0 Å². The van der Waals surface area contributed by atoms with Crippen molar-refractivity contribution in [3.8, 4) is 11.1 Å². The van der Waals surface area contributed by atoms with Crippen LogP contribution >= 0.6 is 0 Å². The zero-order valence-corrected chi connectivity index (χ0v) is 17.4. The number of sulfone groups is 1. The Morgan fingerprint density at radius 2 is 1.73 bits per heavy atom. The van der Waals surface area contributed by atoms with Crippen molar-refractivity contribution in [2.45, 2.75) is 25.7 Å². The van der Waals surface area contributed by atoms with E-state index in [2.05, 4.69) is 10.3 Å². The normalized spacial score (nSPS) is 16.4. The molecule has 1 saturated heterocycles. The van der Waals surface area contributed by atoms with E-state index in [4.69, 9.17) is 5.73 Å². The van der Waals surface area contributed by atoms with Crippen LogP contribution in [0, 0.1) is 0 Å². The predicted molar refractivity (Wildman–Crippen MR) is 117 cm³/mol. The minimum Gasteiger partial charge on any atom is -0.366 e. The predicted octanol–water partition coefficient (Wildman–Crippen LogP) is 3.18. The molecular formula is C22H23N3O4S. The fourth-order valence-electron chi connectivity index (χ4n) is 4.10. The number of primary amides is 1. The molecule has 2 amide bonds.